The summed E-state index contributed by atoms with van der Waals surface area (Å²) >= 11 is 2.27. The van der Waals surface area contributed by atoms with Crippen molar-refractivity contribution in [2.45, 2.75) is 0 Å². The van der Waals surface area contributed by atoms with Crippen LogP contribution < -0.4 is 3.07 Å². The van der Waals surface area contributed by atoms with E-state index in [1.807, 2.05) is 18.2 Å². The number of rotatable bonds is 1. The molecular weight excluding hydrogens is 388 g/mol. The summed E-state index contributed by atoms with van der Waals surface area (Å²) < 4.78 is 2.54. The molecule has 0 nitrogen and oxygen atoms in total. The molecule has 0 saturated carbocycles. The number of halogens is 2. The Morgan fingerprint density at radius 1 is 1.33 bits per heavy atom. The van der Waals surface area contributed by atoms with E-state index in [1.165, 1.54) is 7.54 Å². The van der Waals surface area contributed by atoms with E-state index in [9.17, 15) is 0 Å². The molecule has 1 aromatic rings. The van der Waals surface area contributed by atoms with Crippen molar-refractivity contribution < 1.29 is 23.3 Å². The van der Waals surface area contributed by atoms with Gasteiger partial charge in [0.05, 0.1) is 0 Å². The molecule has 0 radical (unpaired) electrons. The molecule has 0 aliphatic heterocycles. The molecule has 0 N–H and O–H groups in total. The van der Waals surface area contributed by atoms with Gasteiger partial charge in [-0.3, -0.25) is 0 Å². The molecule has 0 aliphatic rings. The van der Waals surface area contributed by atoms with E-state index in [0.717, 1.165) is 0 Å². The summed E-state index contributed by atoms with van der Waals surface area (Å²) in [5, 5.41) is 0. The maximum absolute atomic E-state index is 5.82. The Hall–Kier alpha value is 0.925. The molecule has 1 aromatic carbocycles. The van der Waals surface area contributed by atoms with E-state index < -0.39 is 23.3 Å². The van der Waals surface area contributed by atoms with Crippen LogP contribution in [0.15, 0.2) is 28.7 Å². The van der Waals surface area contributed by atoms with Crippen molar-refractivity contribution in [3.8, 4) is 0 Å². The molecule has 0 saturated heterocycles. The molecule has 1 rings (SSSR count). The molecule has 0 amide bonds. The third kappa shape index (κ3) is 2.21. The van der Waals surface area contributed by atoms with Gasteiger partial charge in [-0.05, 0) is 0 Å². The van der Waals surface area contributed by atoms with Crippen molar-refractivity contribution in [1.29, 1.82) is 0 Å². The molecule has 0 atom stereocenters. The van der Waals surface area contributed by atoms with Crippen LogP contribution in [0.3, 0.4) is 0 Å². The van der Waals surface area contributed by atoms with Gasteiger partial charge in [-0.1, -0.05) is 0 Å². The first-order valence-corrected chi connectivity index (χ1v) is 12.9. The average Bonchev–Trinajstić information content (AvgIpc) is 1.89. The Morgan fingerprint density at radius 3 is 2.44 bits per heavy atom. The van der Waals surface area contributed by atoms with Gasteiger partial charge in [-0.25, -0.2) is 0 Å². The van der Waals surface area contributed by atoms with Crippen LogP contribution in [0.5, 0.6) is 0 Å². The Balaban J connectivity index is 3.01. The standard InChI is InChI=1S/C6H4Br.ClH.Hg/c7-6-4-2-1-3-5-6;;/h1-4H;1H;/q;;+1/p-1. The van der Waals surface area contributed by atoms with Gasteiger partial charge in [0, 0.05) is 0 Å². The third-order valence-corrected chi connectivity index (χ3v) is 9.93. The number of hydrogen-bond acceptors (Lipinski definition) is 0. The van der Waals surface area contributed by atoms with Crippen LogP contribution in [-0.2, 0) is 23.3 Å². The van der Waals surface area contributed by atoms with Gasteiger partial charge in [0.1, 0.15) is 0 Å². The summed E-state index contributed by atoms with van der Waals surface area (Å²) in [6.07, 6.45) is 0. The van der Waals surface area contributed by atoms with Crippen LogP contribution in [0.25, 0.3) is 0 Å². The zero-order valence-electron chi connectivity index (χ0n) is 4.77. The summed E-state index contributed by atoms with van der Waals surface area (Å²) in [7, 11) is 5.82. The van der Waals surface area contributed by atoms with Crippen molar-refractivity contribution in [1.82, 2.24) is 0 Å². The summed E-state index contributed by atoms with van der Waals surface area (Å²) in [6.45, 7) is 0. The van der Waals surface area contributed by atoms with Crippen molar-refractivity contribution in [2.24, 2.45) is 0 Å². The first kappa shape index (κ1) is 8.03. The monoisotopic (exact) mass is 392 g/mol. The van der Waals surface area contributed by atoms with E-state index >= 15 is 0 Å². The fraction of sp³-hybridized carbons (Fsp3) is 0. The summed E-state index contributed by atoms with van der Waals surface area (Å²) in [6, 6.07) is 8.17. The predicted molar refractivity (Wildman–Crippen MR) is 39.6 cm³/mol. The van der Waals surface area contributed by atoms with Gasteiger partial charge in [-0.15, -0.1) is 0 Å². The van der Waals surface area contributed by atoms with Gasteiger partial charge in [0.15, 0.2) is 0 Å². The molecular formula is C6H4BrClHg. The van der Waals surface area contributed by atoms with E-state index in [1.54, 1.807) is 0 Å². The van der Waals surface area contributed by atoms with Crippen LogP contribution >= 0.6 is 24.2 Å². The third-order valence-electron chi connectivity index (χ3n) is 1.10. The van der Waals surface area contributed by atoms with Crippen LogP contribution in [0.2, 0.25) is 0 Å². The first-order chi connectivity index (χ1) is 4.34. The Labute approximate surface area is 78.6 Å². The van der Waals surface area contributed by atoms with E-state index in [2.05, 4.69) is 22.0 Å². The first-order valence-electron chi connectivity index (χ1n) is 2.64. The molecule has 0 spiro atoms. The van der Waals surface area contributed by atoms with Crippen molar-refractivity contribution in [3.05, 3.63) is 28.7 Å². The SMILES string of the molecule is [Cl][Hg][c]1ccccc1Br. The second-order valence-corrected chi connectivity index (χ2v) is 8.93. The summed E-state index contributed by atoms with van der Waals surface area (Å²) in [5.41, 5.74) is 0. The van der Waals surface area contributed by atoms with Crippen molar-refractivity contribution in [3.63, 3.8) is 0 Å². The van der Waals surface area contributed by atoms with Gasteiger partial charge in [0.25, 0.3) is 0 Å². The fourth-order valence-corrected chi connectivity index (χ4v) is 7.41. The Bertz CT molecular complexity index is 202. The van der Waals surface area contributed by atoms with Crippen molar-refractivity contribution in [2.75, 3.05) is 0 Å². The fourth-order valence-electron chi connectivity index (χ4n) is 0.607. The Kier molecular flexibility index (Phi) is 3.52. The average molecular weight is 392 g/mol. The zero-order chi connectivity index (χ0) is 6.69. The molecule has 0 aromatic heterocycles. The van der Waals surface area contributed by atoms with Crippen LogP contribution in [0.4, 0.5) is 0 Å². The van der Waals surface area contributed by atoms with Crippen LogP contribution in [-0.4, -0.2) is 0 Å². The molecule has 44 valence electrons. The zero-order valence-corrected chi connectivity index (χ0v) is 12.6. The van der Waals surface area contributed by atoms with Gasteiger partial charge in [-0.2, -0.15) is 0 Å². The molecule has 0 heterocycles. The van der Waals surface area contributed by atoms with E-state index in [0.29, 0.717) is 0 Å². The summed E-state index contributed by atoms with van der Waals surface area (Å²) in [4.78, 5) is 0. The van der Waals surface area contributed by atoms with Gasteiger partial charge in [0.2, 0.25) is 0 Å². The van der Waals surface area contributed by atoms with Gasteiger partial charge < -0.3 is 0 Å². The topological polar surface area (TPSA) is 0 Å². The second-order valence-electron chi connectivity index (χ2n) is 1.73. The van der Waals surface area contributed by atoms with Gasteiger partial charge >= 0.3 is 79.3 Å². The van der Waals surface area contributed by atoms with Crippen molar-refractivity contribution >= 4 is 27.3 Å². The minimum absolute atomic E-state index is 1.16. The normalized spacial score (nSPS) is 8.67. The van der Waals surface area contributed by atoms with Crippen LogP contribution in [0.1, 0.15) is 0 Å². The number of benzene rings is 1. The maximum atomic E-state index is 5.82. The molecule has 9 heavy (non-hydrogen) atoms. The predicted octanol–water partition coefficient (Wildman–Crippen LogP) is 2.31. The van der Waals surface area contributed by atoms with Crippen LogP contribution in [0, 0.1) is 0 Å². The molecule has 0 fully saturated rings. The molecule has 0 unspecified atom stereocenters. The van der Waals surface area contributed by atoms with E-state index in [-0.39, 0.29) is 0 Å². The second kappa shape index (κ2) is 3.94. The minimum atomic E-state index is -1.16. The summed E-state index contributed by atoms with van der Waals surface area (Å²) in [5.74, 6) is 0. The molecule has 3 heteroatoms. The molecule has 0 bridgehead atoms. The number of hydrogen-bond donors (Lipinski definition) is 0. The van der Waals surface area contributed by atoms with E-state index in [4.69, 9.17) is 8.25 Å². The Morgan fingerprint density at radius 2 is 2.00 bits per heavy atom. The quantitative estimate of drug-likeness (QED) is 0.644. The molecule has 0 aliphatic carbocycles.